The van der Waals surface area contributed by atoms with Gasteiger partial charge in [-0.15, -0.1) is 0 Å². The van der Waals surface area contributed by atoms with Gasteiger partial charge in [0.25, 0.3) is 11.6 Å². The number of ketones is 3. The van der Waals surface area contributed by atoms with Gasteiger partial charge in [0.1, 0.15) is 0 Å². The second-order valence-electron chi connectivity index (χ2n) is 2.88. The van der Waals surface area contributed by atoms with Gasteiger partial charge in [-0.3, -0.25) is 14.4 Å². The molecule has 0 saturated heterocycles. The van der Waals surface area contributed by atoms with Crippen LogP contribution in [0.25, 0.3) is 0 Å². The summed E-state index contributed by atoms with van der Waals surface area (Å²) in [4.78, 5) is 93.8. The molecule has 0 aromatic carbocycles. The Kier molecular flexibility index (Phi) is 5.27. The highest BCUT2D eigenvalue weighted by atomic mass is 31.2. The van der Waals surface area contributed by atoms with Crippen LogP contribution in [0.3, 0.4) is 0 Å². The fraction of sp³-hybridized carbons (Fsp3) is 0.200. The van der Waals surface area contributed by atoms with Crippen molar-refractivity contribution >= 4 is 38.8 Å². The minimum absolute atomic E-state index is 2.25. The smallest absolute Gasteiger partial charge is 0.347 e. The zero-order chi connectivity index (χ0) is 14.9. The van der Waals surface area contributed by atoms with E-state index in [2.05, 4.69) is 0 Å². The molecule has 0 fully saturated rings. The van der Waals surface area contributed by atoms with Gasteiger partial charge in [-0.05, 0) is 0 Å². The topological polar surface area (TPSA) is 210 Å². The summed E-state index contributed by atoms with van der Waals surface area (Å²) in [6.45, 7) is 0. The van der Waals surface area contributed by atoms with E-state index < -0.39 is 44.6 Å². The molecule has 0 rings (SSSR count). The standard InChI is InChI=1S/C5H8O11P2/c6-1(2(7)4(9)17(11,12)13)3(8)5(10)18(14,15)16/h4,9,11-16H/q+2. The number of carbonyl (C=O) groups is 4. The fourth-order valence-electron chi connectivity index (χ4n) is 0.620. The van der Waals surface area contributed by atoms with Crippen LogP contribution in [0.2, 0.25) is 0 Å². The van der Waals surface area contributed by atoms with Gasteiger partial charge in [0.2, 0.25) is 0 Å². The van der Waals surface area contributed by atoms with Crippen LogP contribution < -0.4 is 0 Å². The molecule has 7 N–H and O–H groups in total. The van der Waals surface area contributed by atoms with E-state index in [9.17, 15) is 19.2 Å². The third-order valence-corrected chi connectivity index (χ3v) is 3.10. The minimum Gasteiger partial charge on any atom is -0.347 e. The number of aliphatic hydroxyl groups is 1. The normalized spacial score (nSPS) is 13.9. The molecule has 102 valence electrons. The summed E-state index contributed by atoms with van der Waals surface area (Å²) in [7, 11) is -10.5. The summed E-state index contributed by atoms with van der Waals surface area (Å²) in [5.74, 6) is -10.0. The quantitative estimate of drug-likeness (QED) is 0.143. The highest BCUT2D eigenvalue weighted by Gasteiger charge is 2.56. The van der Waals surface area contributed by atoms with Gasteiger partial charge < -0.3 is 5.11 Å². The Morgan fingerprint density at radius 1 is 0.778 bits per heavy atom. The first kappa shape index (κ1) is 17.3. The average Bonchev–Trinajstić information content (AvgIpc) is 2.21. The first-order chi connectivity index (χ1) is 7.80. The first-order valence-electron chi connectivity index (χ1n) is 3.80. The lowest BCUT2D eigenvalue weighted by atomic mass is 10.2. The summed E-state index contributed by atoms with van der Waals surface area (Å²) >= 11 is 0. The SMILES string of the molecule is O=C(C(=O)C(=O)[P+](O)(O)O)C(=O)C(O)[P+](O)(O)O. The molecule has 0 aliphatic heterocycles. The molecule has 0 spiro atoms. The molecule has 0 aliphatic carbocycles. The number of hydrogen-bond acceptors (Lipinski definition) is 11. The van der Waals surface area contributed by atoms with Crippen molar-refractivity contribution in [2.45, 2.75) is 5.85 Å². The molecule has 0 radical (unpaired) electrons. The maximum absolute atomic E-state index is 10.9. The monoisotopic (exact) mass is 306 g/mol. The van der Waals surface area contributed by atoms with E-state index in [1.165, 1.54) is 0 Å². The molecule has 0 heterocycles. The average molecular weight is 306 g/mol. The van der Waals surface area contributed by atoms with Crippen LogP contribution in [-0.4, -0.2) is 63.2 Å². The summed E-state index contributed by atoms with van der Waals surface area (Å²) in [6.07, 6.45) is 0. The third kappa shape index (κ3) is 4.18. The molecule has 13 heteroatoms. The van der Waals surface area contributed by atoms with Crippen molar-refractivity contribution in [3.8, 4) is 0 Å². The molecule has 11 nitrogen and oxygen atoms in total. The third-order valence-electron chi connectivity index (χ3n) is 1.46. The van der Waals surface area contributed by atoms with Gasteiger partial charge in [-0.1, -0.05) is 0 Å². The van der Waals surface area contributed by atoms with Gasteiger partial charge in [-0.2, -0.15) is 29.4 Å². The largest absolute Gasteiger partial charge is 0.487 e. The Bertz CT molecular complexity index is 401. The second kappa shape index (κ2) is 5.49. The van der Waals surface area contributed by atoms with Crippen LogP contribution in [0.5, 0.6) is 0 Å². The Morgan fingerprint density at radius 3 is 1.44 bits per heavy atom. The van der Waals surface area contributed by atoms with E-state index in [0.717, 1.165) is 0 Å². The van der Waals surface area contributed by atoms with Gasteiger partial charge in [-0.25, -0.2) is 4.79 Å². The minimum atomic E-state index is -5.35. The summed E-state index contributed by atoms with van der Waals surface area (Å²) in [5, 5.41) is 8.75. The molecule has 1 unspecified atom stereocenters. The van der Waals surface area contributed by atoms with Gasteiger partial charge >= 0.3 is 33.0 Å². The van der Waals surface area contributed by atoms with Crippen LogP contribution in [0, 0.1) is 0 Å². The summed E-state index contributed by atoms with van der Waals surface area (Å²) < 4.78 is 0. The van der Waals surface area contributed by atoms with Gasteiger partial charge in [0.05, 0.1) is 0 Å². The molecule has 0 saturated carbocycles. The van der Waals surface area contributed by atoms with Crippen molar-refractivity contribution in [3.63, 3.8) is 0 Å². The predicted octanol–water partition coefficient (Wildman–Crippen LogP) is -3.98. The van der Waals surface area contributed by atoms with E-state index >= 15 is 0 Å². The second-order valence-corrected chi connectivity index (χ2v) is 6.15. The van der Waals surface area contributed by atoms with E-state index in [0.29, 0.717) is 0 Å². The van der Waals surface area contributed by atoms with E-state index in [1.54, 1.807) is 0 Å². The Morgan fingerprint density at radius 2 is 1.17 bits per heavy atom. The molecule has 18 heavy (non-hydrogen) atoms. The molecular weight excluding hydrogens is 298 g/mol. The Labute approximate surface area is 99.1 Å². The van der Waals surface area contributed by atoms with Crippen LogP contribution in [0.4, 0.5) is 0 Å². The highest BCUT2D eigenvalue weighted by Crippen LogP contribution is 2.49. The maximum Gasteiger partial charge on any atom is 0.487 e. The number of hydrogen-bond donors (Lipinski definition) is 7. The van der Waals surface area contributed by atoms with Crippen LogP contribution in [-0.2, 0) is 19.2 Å². The lowest BCUT2D eigenvalue weighted by Crippen LogP contribution is -2.38. The number of carbonyl (C=O) groups excluding carboxylic acids is 4. The van der Waals surface area contributed by atoms with Crippen molar-refractivity contribution < 1.29 is 53.6 Å². The van der Waals surface area contributed by atoms with Crippen molar-refractivity contribution in [3.05, 3.63) is 0 Å². The summed E-state index contributed by atoms with van der Waals surface area (Å²) in [5.41, 5.74) is -2.38. The zero-order valence-corrected chi connectivity index (χ0v) is 10.0. The maximum atomic E-state index is 10.9. The van der Waals surface area contributed by atoms with E-state index in [4.69, 9.17) is 34.5 Å². The summed E-state index contributed by atoms with van der Waals surface area (Å²) in [6, 6.07) is 0. The Balaban J connectivity index is 5.05. The van der Waals surface area contributed by atoms with E-state index in [1.807, 2.05) is 0 Å². The molecule has 0 amide bonds. The van der Waals surface area contributed by atoms with Crippen molar-refractivity contribution in [2.24, 2.45) is 0 Å². The molecule has 0 aliphatic rings. The molecule has 1 atom stereocenters. The Hall–Kier alpha value is -0.740. The van der Waals surface area contributed by atoms with E-state index in [-0.39, 0.29) is 0 Å². The predicted molar refractivity (Wildman–Crippen MR) is 53.2 cm³/mol. The van der Waals surface area contributed by atoms with Crippen molar-refractivity contribution in [2.75, 3.05) is 0 Å². The molecule has 0 aromatic rings. The van der Waals surface area contributed by atoms with Crippen molar-refractivity contribution in [1.29, 1.82) is 0 Å². The molecule has 0 bridgehead atoms. The number of Topliss-reactive ketones (excluding diaryl/α,β-unsaturated/α-hetero) is 3. The van der Waals surface area contributed by atoms with Crippen LogP contribution in [0.15, 0.2) is 0 Å². The van der Waals surface area contributed by atoms with Gasteiger partial charge in [0, 0.05) is 0 Å². The van der Waals surface area contributed by atoms with Crippen molar-refractivity contribution in [1.82, 2.24) is 0 Å². The zero-order valence-electron chi connectivity index (χ0n) is 8.24. The van der Waals surface area contributed by atoms with Gasteiger partial charge in [0.15, 0.2) is 0 Å². The highest BCUT2D eigenvalue weighted by molar-refractivity contribution is 7.79. The molecule has 0 aromatic heterocycles. The number of aliphatic hydroxyl groups excluding tert-OH is 1. The lowest BCUT2D eigenvalue weighted by Gasteiger charge is -2.08. The first-order valence-corrected chi connectivity index (χ1v) is 7.16. The number of rotatable bonds is 6. The fourth-order valence-corrected chi connectivity index (χ4v) is 1.43. The lowest BCUT2D eigenvalue weighted by molar-refractivity contribution is -0.148. The van der Waals surface area contributed by atoms with Crippen LogP contribution >= 0.6 is 15.9 Å². The van der Waals surface area contributed by atoms with Crippen LogP contribution in [0.1, 0.15) is 0 Å². The molecular formula is C5H8O11P2+2.